The number of ether oxygens (including phenoxy) is 1. The van der Waals surface area contributed by atoms with Gasteiger partial charge in [0.05, 0.1) is 0 Å². The average molecular weight is 205 g/mol. The van der Waals surface area contributed by atoms with Gasteiger partial charge in [0.15, 0.2) is 11.4 Å². The standard InChI is InChI=1S/C11H15N3O/c1-2-5-13-7-8-15-11-4-3-6-14-10(11)9-12/h3-4,6,13H,2,5,7-8H2,1H3. The Bertz CT molecular complexity index is 333. The van der Waals surface area contributed by atoms with E-state index in [1.165, 1.54) is 0 Å². The third-order valence-corrected chi connectivity index (χ3v) is 1.84. The number of hydrogen-bond donors (Lipinski definition) is 1. The van der Waals surface area contributed by atoms with Gasteiger partial charge in [-0.2, -0.15) is 5.26 Å². The average Bonchev–Trinajstić information content (AvgIpc) is 2.29. The summed E-state index contributed by atoms with van der Waals surface area (Å²) in [6.45, 7) is 4.44. The Morgan fingerprint density at radius 3 is 3.13 bits per heavy atom. The van der Waals surface area contributed by atoms with Crippen molar-refractivity contribution in [1.82, 2.24) is 10.3 Å². The summed E-state index contributed by atoms with van der Waals surface area (Å²) in [5.74, 6) is 0.554. The molecule has 0 aliphatic rings. The van der Waals surface area contributed by atoms with Crippen LogP contribution in [0.15, 0.2) is 18.3 Å². The molecule has 1 aromatic heterocycles. The van der Waals surface area contributed by atoms with Gasteiger partial charge in [0.2, 0.25) is 0 Å². The number of nitriles is 1. The summed E-state index contributed by atoms with van der Waals surface area (Å²) in [5.41, 5.74) is 0.341. The molecule has 0 unspecified atom stereocenters. The van der Waals surface area contributed by atoms with Crippen LogP contribution in [0, 0.1) is 11.3 Å². The van der Waals surface area contributed by atoms with E-state index in [1.807, 2.05) is 6.07 Å². The van der Waals surface area contributed by atoms with Crippen molar-refractivity contribution in [2.24, 2.45) is 0 Å². The fourth-order valence-corrected chi connectivity index (χ4v) is 1.13. The van der Waals surface area contributed by atoms with E-state index in [0.29, 0.717) is 18.1 Å². The lowest BCUT2D eigenvalue weighted by Gasteiger charge is -2.07. The maximum Gasteiger partial charge on any atom is 0.182 e. The molecule has 0 atom stereocenters. The molecule has 0 aliphatic heterocycles. The number of nitrogens with one attached hydrogen (secondary N) is 1. The van der Waals surface area contributed by atoms with Crippen LogP contribution in [0.25, 0.3) is 0 Å². The van der Waals surface area contributed by atoms with E-state index in [4.69, 9.17) is 10.00 Å². The van der Waals surface area contributed by atoms with Gasteiger partial charge in [0, 0.05) is 12.7 Å². The van der Waals surface area contributed by atoms with Crippen molar-refractivity contribution in [3.05, 3.63) is 24.0 Å². The van der Waals surface area contributed by atoms with Gasteiger partial charge in [-0.05, 0) is 25.1 Å². The summed E-state index contributed by atoms with van der Waals surface area (Å²) in [5, 5.41) is 12.0. The number of nitrogens with zero attached hydrogens (tertiary/aromatic N) is 2. The summed E-state index contributed by atoms with van der Waals surface area (Å²) in [6, 6.07) is 5.51. The maximum absolute atomic E-state index is 8.75. The molecule has 1 N–H and O–H groups in total. The molecule has 0 saturated heterocycles. The van der Waals surface area contributed by atoms with E-state index in [-0.39, 0.29) is 0 Å². The van der Waals surface area contributed by atoms with Gasteiger partial charge in [-0.3, -0.25) is 0 Å². The summed E-state index contributed by atoms with van der Waals surface area (Å²) in [6.07, 6.45) is 2.69. The van der Waals surface area contributed by atoms with Gasteiger partial charge in [-0.25, -0.2) is 4.98 Å². The van der Waals surface area contributed by atoms with Crippen molar-refractivity contribution in [2.45, 2.75) is 13.3 Å². The Morgan fingerprint density at radius 2 is 2.40 bits per heavy atom. The van der Waals surface area contributed by atoms with Gasteiger partial charge in [0.25, 0.3) is 0 Å². The van der Waals surface area contributed by atoms with Crippen LogP contribution in [0.5, 0.6) is 5.75 Å². The number of rotatable bonds is 6. The number of hydrogen-bond acceptors (Lipinski definition) is 4. The van der Waals surface area contributed by atoms with E-state index < -0.39 is 0 Å². The molecule has 0 bridgehead atoms. The van der Waals surface area contributed by atoms with Crippen molar-refractivity contribution in [2.75, 3.05) is 19.7 Å². The summed E-state index contributed by atoms with van der Waals surface area (Å²) >= 11 is 0. The van der Waals surface area contributed by atoms with E-state index >= 15 is 0 Å². The highest BCUT2D eigenvalue weighted by atomic mass is 16.5. The first-order valence-electron chi connectivity index (χ1n) is 5.07. The Labute approximate surface area is 89.9 Å². The van der Waals surface area contributed by atoms with Crippen LogP contribution in [-0.2, 0) is 0 Å². The lowest BCUT2D eigenvalue weighted by atomic mass is 10.3. The monoisotopic (exact) mass is 205 g/mol. The molecule has 0 spiro atoms. The zero-order valence-electron chi connectivity index (χ0n) is 8.86. The molecule has 0 fully saturated rings. The lowest BCUT2D eigenvalue weighted by molar-refractivity contribution is 0.312. The molecule has 0 aromatic carbocycles. The first-order valence-corrected chi connectivity index (χ1v) is 5.07. The van der Waals surface area contributed by atoms with Crippen LogP contribution in [0.1, 0.15) is 19.0 Å². The Hall–Kier alpha value is -1.60. The quantitative estimate of drug-likeness (QED) is 0.712. The maximum atomic E-state index is 8.75. The Balaban J connectivity index is 2.34. The second-order valence-corrected chi connectivity index (χ2v) is 3.06. The highest BCUT2D eigenvalue weighted by molar-refractivity contribution is 5.36. The van der Waals surface area contributed by atoms with Crippen LogP contribution in [0.3, 0.4) is 0 Å². The smallest absolute Gasteiger partial charge is 0.182 e. The van der Waals surface area contributed by atoms with Gasteiger partial charge < -0.3 is 10.1 Å². The summed E-state index contributed by atoms with van der Waals surface area (Å²) in [4.78, 5) is 3.91. The minimum absolute atomic E-state index is 0.341. The van der Waals surface area contributed by atoms with Crippen LogP contribution in [0.4, 0.5) is 0 Å². The molecule has 1 rings (SSSR count). The molecular formula is C11H15N3O. The van der Waals surface area contributed by atoms with Crippen LogP contribution < -0.4 is 10.1 Å². The van der Waals surface area contributed by atoms with E-state index in [1.54, 1.807) is 18.3 Å². The van der Waals surface area contributed by atoms with Gasteiger partial charge in [-0.15, -0.1) is 0 Å². The molecule has 0 saturated carbocycles. The van der Waals surface area contributed by atoms with E-state index in [9.17, 15) is 0 Å². The highest BCUT2D eigenvalue weighted by Gasteiger charge is 2.01. The van der Waals surface area contributed by atoms with Crippen LogP contribution in [0.2, 0.25) is 0 Å². The third-order valence-electron chi connectivity index (χ3n) is 1.84. The zero-order valence-corrected chi connectivity index (χ0v) is 8.86. The minimum atomic E-state index is 0.341. The predicted octanol–water partition coefficient (Wildman–Crippen LogP) is 1.33. The topological polar surface area (TPSA) is 57.9 Å². The van der Waals surface area contributed by atoms with Crippen LogP contribution in [-0.4, -0.2) is 24.7 Å². The number of aromatic nitrogens is 1. The minimum Gasteiger partial charge on any atom is -0.489 e. The molecule has 1 heterocycles. The molecule has 4 nitrogen and oxygen atoms in total. The SMILES string of the molecule is CCCNCCOc1cccnc1C#N. The molecule has 1 aromatic rings. The first kappa shape index (κ1) is 11.5. The van der Waals surface area contributed by atoms with Crippen molar-refractivity contribution in [3.63, 3.8) is 0 Å². The predicted molar refractivity (Wildman–Crippen MR) is 57.6 cm³/mol. The lowest BCUT2D eigenvalue weighted by Crippen LogP contribution is -2.21. The molecule has 0 aliphatic carbocycles. The summed E-state index contributed by atoms with van der Waals surface area (Å²) < 4.78 is 5.43. The fraction of sp³-hybridized carbons (Fsp3) is 0.455. The van der Waals surface area contributed by atoms with Gasteiger partial charge in [-0.1, -0.05) is 6.92 Å². The van der Waals surface area contributed by atoms with E-state index in [2.05, 4.69) is 17.2 Å². The third kappa shape index (κ3) is 3.96. The molecule has 15 heavy (non-hydrogen) atoms. The zero-order chi connectivity index (χ0) is 10.9. The Morgan fingerprint density at radius 1 is 1.53 bits per heavy atom. The second-order valence-electron chi connectivity index (χ2n) is 3.06. The van der Waals surface area contributed by atoms with Crippen molar-refractivity contribution < 1.29 is 4.74 Å². The van der Waals surface area contributed by atoms with E-state index in [0.717, 1.165) is 19.5 Å². The Kier molecular flexibility index (Phi) is 5.20. The van der Waals surface area contributed by atoms with Gasteiger partial charge >= 0.3 is 0 Å². The van der Waals surface area contributed by atoms with Crippen LogP contribution >= 0.6 is 0 Å². The molecular weight excluding hydrogens is 190 g/mol. The largest absolute Gasteiger partial charge is 0.489 e. The fourth-order valence-electron chi connectivity index (χ4n) is 1.13. The molecule has 4 heteroatoms. The number of pyridine rings is 1. The second kappa shape index (κ2) is 6.80. The normalized spacial score (nSPS) is 9.60. The molecule has 0 amide bonds. The van der Waals surface area contributed by atoms with Crippen molar-refractivity contribution >= 4 is 0 Å². The van der Waals surface area contributed by atoms with Crippen molar-refractivity contribution in [3.8, 4) is 11.8 Å². The highest BCUT2D eigenvalue weighted by Crippen LogP contribution is 2.13. The molecule has 0 radical (unpaired) electrons. The summed E-state index contributed by atoms with van der Waals surface area (Å²) in [7, 11) is 0. The van der Waals surface area contributed by atoms with Crippen molar-refractivity contribution in [1.29, 1.82) is 5.26 Å². The first-order chi connectivity index (χ1) is 7.38. The van der Waals surface area contributed by atoms with Gasteiger partial charge in [0.1, 0.15) is 12.7 Å². The molecule has 80 valence electrons.